The van der Waals surface area contributed by atoms with Gasteiger partial charge in [-0.1, -0.05) is 49.1 Å². The lowest BCUT2D eigenvalue weighted by Crippen LogP contribution is -2.42. The van der Waals surface area contributed by atoms with Gasteiger partial charge in [-0.05, 0) is 49.6 Å². The first-order chi connectivity index (χ1) is 15.5. The van der Waals surface area contributed by atoms with Gasteiger partial charge in [0.05, 0.1) is 18.7 Å². The van der Waals surface area contributed by atoms with Gasteiger partial charge in [0, 0.05) is 23.2 Å². The Morgan fingerprint density at radius 1 is 1.12 bits per heavy atom. The first-order valence-electron chi connectivity index (χ1n) is 11.2. The molecule has 0 spiro atoms. The molecule has 2 heterocycles. The van der Waals surface area contributed by atoms with Crippen molar-refractivity contribution in [2.45, 2.75) is 50.9 Å². The zero-order valence-corrected chi connectivity index (χ0v) is 19.0. The second-order valence-electron chi connectivity index (χ2n) is 8.38. The molecule has 1 aliphatic rings. The molecular formula is C25H28ClN3O3. The zero-order chi connectivity index (χ0) is 22.6. The van der Waals surface area contributed by atoms with Crippen molar-refractivity contribution in [2.24, 2.45) is 0 Å². The molecule has 0 aliphatic heterocycles. The summed E-state index contributed by atoms with van der Waals surface area (Å²) >= 11 is 6.10. The number of hydrogen-bond donors (Lipinski definition) is 1. The van der Waals surface area contributed by atoms with Crippen LogP contribution in [-0.4, -0.2) is 34.4 Å². The normalized spacial score (nSPS) is 15.4. The summed E-state index contributed by atoms with van der Waals surface area (Å²) in [6.45, 7) is 2.66. The van der Waals surface area contributed by atoms with Gasteiger partial charge in [0.25, 0.3) is 5.91 Å². The first kappa shape index (κ1) is 22.3. The van der Waals surface area contributed by atoms with E-state index in [1.807, 2.05) is 18.2 Å². The second-order valence-corrected chi connectivity index (χ2v) is 8.82. The van der Waals surface area contributed by atoms with Crippen LogP contribution in [0.4, 0.5) is 0 Å². The maximum atomic E-state index is 13.2. The van der Waals surface area contributed by atoms with Crippen LogP contribution in [0.2, 0.25) is 5.02 Å². The molecule has 1 saturated carbocycles. The van der Waals surface area contributed by atoms with E-state index < -0.39 is 0 Å². The molecule has 0 saturated heterocycles. The Balaban J connectivity index is 1.54. The number of esters is 1. The highest BCUT2D eigenvalue weighted by molar-refractivity contribution is 6.30. The number of benzene rings is 1. The van der Waals surface area contributed by atoms with E-state index in [0.29, 0.717) is 35.2 Å². The van der Waals surface area contributed by atoms with Crippen LogP contribution in [0.5, 0.6) is 0 Å². The van der Waals surface area contributed by atoms with Crippen molar-refractivity contribution in [1.29, 1.82) is 0 Å². The number of nitrogens with zero attached hydrogens (tertiary/aromatic N) is 2. The Kier molecular flexibility index (Phi) is 6.80. The van der Waals surface area contributed by atoms with Gasteiger partial charge < -0.3 is 10.1 Å². The van der Waals surface area contributed by atoms with Crippen LogP contribution >= 0.6 is 11.6 Å². The van der Waals surface area contributed by atoms with Gasteiger partial charge in [-0.25, -0.2) is 4.98 Å². The molecule has 3 aromatic rings. The molecule has 1 N–H and O–H groups in total. The number of hydrogen-bond acceptors (Lipinski definition) is 4. The van der Waals surface area contributed by atoms with E-state index in [0.717, 1.165) is 25.7 Å². The number of fused-ring (bicyclic) bond motifs is 1. The monoisotopic (exact) mass is 453 g/mol. The molecule has 6 nitrogen and oxygen atoms in total. The summed E-state index contributed by atoms with van der Waals surface area (Å²) in [6, 6.07) is 13.4. The Morgan fingerprint density at radius 3 is 2.59 bits per heavy atom. The number of imidazole rings is 1. The summed E-state index contributed by atoms with van der Waals surface area (Å²) in [5, 5.41) is 3.89. The molecule has 1 aromatic carbocycles. The molecular weight excluding hydrogens is 426 g/mol. The fourth-order valence-corrected chi connectivity index (χ4v) is 4.76. The van der Waals surface area contributed by atoms with Crippen LogP contribution in [0, 0.1) is 0 Å². The molecule has 0 radical (unpaired) electrons. The van der Waals surface area contributed by atoms with E-state index in [9.17, 15) is 9.59 Å². The van der Waals surface area contributed by atoms with Gasteiger partial charge >= 0.3 is 5.97 Å². The summed E-state index contributed by atoms with van der Waals surface area (Å²) < 4.78 is 6.75. The molecule has 1 amide bonds. The number of aromatic nitrogens is 2. The predicted octanol–water partition coefficient (Wildman–Crippen LogP) is 4.73. The number of pyridine rings is 1. The molecule has 2 aromatic heterocycles. The molecule has 0 atom stereocenters. The van der Waals surface area contributed by atoms with Crippen molar-refractivity contribution in [3.8, 4) is 0 Å². The van der Waals surface area contributed by atoms with Gasteiger partial charge in [0.15, 0.2) is 0 Å². The first-order valence-corrected chi connectivity index (χ1v) is 11.6. The third kappa shape index (κ3) is 4.80. The summed E-state index contributed by atoms with van der Waals surface area (Å²) in [5.41, 5.74) is 2.83. The number of rotatable bonds is 7. The fraction of sp³-hybridized carbons (Fsp3) is 0.400. The van der Waals surface area contributed by atoms with Gasteiger partial charge in [0.2, 0.25) is 0 Å². The largest absolute Gasteiger partial charge is 0.466 e. The van der Waals surface area contributed by atoms with Gasteiger partial charge in [-0.2, -0.15) is 0 Å². The maximum Gasteiger partial charge on any atom is 0.311 e. The Labute approximate surface area is 192 Å². The maximum absolute atomic E-state index is 13.2. The average Bonchev–Trinajstić information content (AvgIpc) is 3.21. The van der Waals surface area contributed by atoms with E-state index in [2.05, 4.69) is 22.4 Å². The van der Waals surface area contributed by atoms with Crippen LogP contribution < -0.4 is 5.32 Å². The van der Waals surface area contributed by atoms with Crippen molar-refractivity contribution in [1.82, 2.24) is 14.7 Å². The van der Waals surface area contributed by atoms with Gasteiger partial charge in [0.1, 0.15) is 11.3 Å². The fourth-order valence-electron chi connectivity index (χ4n) is 4.63. The zero-order valence-electron chi connectivity index (χ0n) is 18.3. The summed E-state index contributed by atoms with van der Waals surface area (Å²) in [6.07, 6.45) is 7.40. The number of ether oxygens (including phenoxy) is 1. The third-order valence-electron chi connectivity index (χ3n) is 6.26. The number of nitrogens with one attached hydrogen (secondary N) is 1. The molecule has 168 valence electrons. The van der Waals surface area contributed by atoms with Crippen LogP contribution in [0.1, 0.15) is 60.8 Å². The minimum absolute atomic E-state index is 0.0796. The number of halogens is 1. The predicted molar refractivity (Wildman–Crippen MR) is 124 cm³/mol. The number of carbonyl (C=O) groups is 2. The summed E-state index contributed by atoms with van der Waals surface area (Å²) in [5.74, 6) is -0.487. The Hall–Kier alpha value is -2.86. The SMILES string of the molecule is CCOC(=O)Cc1cn2c(C(=O)NCC3(c4ccc(Cl)cc4)CCCCC3)cccc2n1. The topological polar surface area (TPSA) is 72.7 Å². The van der Waals surface area contributed by atoms with Crippen molar-refractivity contribution in [2.75, 3.05) is 13.2 Å². The van der Waals surface area contributed by atoms with E-state index in [-0.39, 0.29) is 23.7 Å². The minimum Gasteiger partial charge on any atom is -0.466 e. The molecule has 32 heavy (non-hydrogen) atoms. The van der Waals surface area contributed by atoms with Gasteiger partial charge in [-0.15, -0.1) is 0 Å². The van der Waals surface area contributed by atoms with Crippen molar-refractivity contribution < 1.29 is 14.3 Å². The highest BCUT2D eigenvalue weighted by Crippen LogP contribution is 2.39. The summed E-state index contributed by atoms with van der Waals surface area (Å²) in [7, 11) is 0. The molecule has 0 bridgehead atoms. The van der Waals surface area contributed by atoms with Crippen molar-refractivity contribution in [3.05, 3.63) is 70.6 Å². The van der Waals surface area contributed by atoms with E-state index in [1.165, 1.54) is 12.0 Å². The molecule has 4 rings (SSSR count). The van der Waals surface area contributed by atoms with Crippen LogP contribution in [-0.2, 0) is 21.4 Å². The highest BCUT2D eigenvalue weighted by atomic mass is 35.5. The van der Waals surface area contributed by atoms with Gasteiger partial charge in [-0.3, -0.25) is 14.0 Å². The lowest BCUT2D eigenvalue weighted by molar-refractivity contribution is -0.142. The van der Waals surface area contributed by atoms with E-state index >= 15 is 0 Å². The molecule has 7 heteroatoms. The van der Waals surface area contributed by atoms with E-state index in [1.54, 1.807) is 29.7 Å². The smallest absolute Gasteiger partial charge is 0.311 e. The lowest BCUT2D eigenvalue weighted by atomic mass is 9.69. The van der Waals surface area contributed by atoms with Crippen LogP contribution in [0.3, 0.4) is 0 Å². The minimum atomic E-state index is -0.330. The molecule has 1 fully saturated rings. The third-order valence-corrected chi connectivity index (χ3v) is 6.51. The second kappa shape index (κ2) is 9.74. The van der Waals surface area contributed by atoms with Crippen molar-refractivity contribution >= 4 is 29.1 Å². The Bertz CT molecular complexity index is 1100. The standard InChI is InChI=1S/C25H28ClN3O3/c1-2-32-23(30)15-20-16-29-21(7-6-8-22(29)28-20)24(31)27-17-25(13-4-3-5-14-25)18-9-11-19(26)12-10-18/h6-12,16H,2-5,13-15,17H2,1H3,(H,27,31). The average molecular weight is 454 g/mol. The Morgan fingerprint density at radius 2 is 1.88 bits per heavy atom. The lowest BCUT2D eigenvalue weighted by Gasteiger charge is -2.38. The summed E-state index contributed by atoms with van der Waals surface area (Å²) in [4.78, 5) is 29.5. The van der Waals surface area contributed by atoms with Crippen LogP contribution in [0.25, 0.3) is 5.65 Å². The van der Waals surface area contributed by atoms with E-state index in [4.69, 9.17) is 16.3 Å². The highest BCUT2D eigenvalue weighted by Gasteiger charge is 2.34. The molecule has 0 unspecified atom stereocenters. The number of carbonyl (C=O) groups excluding carboxylic acids is 2. The van der Waals surface area contributed by atoms with Crippen LogP contribution in [0.15, 0.2) is 48.7 Å². The number of amides is 1. The quantitative estimate of drug-likeness (QED) is 0.525. The molecule has 1 aliphatic carbocycles. The van der Waals surface area contributed by atoms with Crippen molar-refractivity contribution in [3.63, 3.8) is 0 Å².